The zero-order valence-electron chi connectivity index (χ0n) is 14.0. The first-order chi connectivity index (χ1) is 11.1. The van der Waals surface area contributed by atoms with Crippen LogP contribution in [0, 0.1) is 13.8 Å². The number of hydrogen-bond donors (Lipinski definition) is 1. The van der Waals surface area contributed by atoms with Gasteiger partial charge in [0.25, 0.3) is 5.91 Å². The van der Waals surface area contributed by atoms with Crippen molar-refractivity contribution in [3.05, 3.63) is 35.1 Å². The van der Waals surface area contributed by atoms with Gasteiger partial charge < -0.3 is 14.4 Å². The molecule has 1 aliphatic rings. The number of benzene rings is 1. The van der Waals surface area contributed by atoms with Crippen LogP contribution in [0.5, 0.6) is 0 Å². The Morgan fingerprint density at radius 1 is 1.35 bits per heavy atom. The van der Waals surface area contributed by atoms with Gasteiger partial charge in [-0.1, -0.05) is 11.6 Å². The van der Waals surface area contributed by atoms with Gasteiger partial charge in [0.1, 0.15) is 5.58 Å². The SMILES string of the molecule is Cc1ccc2oc(C(=O)N3CCCC[C@H]3CCCO)c(C)c2c1. The Hall–Kier alpha value is -1.81. The molecule has 0 radical (unpaired) electrons. The van der Waals surface area contributed by atoms with E-state index >= 15 is 0 Å². The number of hydrogen-bond acceptors (Lipinski definition) is 3. The topological polar surface area (TPSA) is 53.7 Å². The van der Waals surface area contributed by atoms with E-state index in [9.17, 15) is 4.79 Å². The molecule has 4 nitrogen and oxygen atoms in total. The number of carbonyl (C=O) groups is 1. The predicted octanol–water partition coefficient (Wildman–Crippen LogP) is 3.82. The maximum atomic E-state index is 13.0. The fraction of sp³-hybridized carbons (Fsp3) is 0.526. The van der Waals surface area contributed by atoms with Gasteiger partial charge in [-0.05, 0) is 58.1 Å². The van der Waals surface area contributed by atoms with E-state index in [2.05, 4.69) is 6.07 Å². The number of rotatable bonds is 4. The summed E-state index contributed by atoms with van der Waals surface area (Å²) in [5, 5.41) is 10.1. The third-order valence-electron chi connectivity index (χ3n) is 4.87. The molecular formula is C19H25NO3. The van der Waals surface area contributed by atoms with Crippen LogP contribution in [0.15, 0.2) is 22.6 Å². The van der Waals surface area contributed by atoms with Gasteiger partial charge in [-0.2, -0.15) is 0 Å². The van der Waals surface area contributed by atoms with Gasteiger partial charge in [0.15, 0.2) is 5.76 Å². The quantitative estimate of drug-likeness (QED) is 0.933. The molecule has 1 aromatic carbocycles. The van der Waals surface area contributed by atoms with Crippen molar-refractivity contribution in [2.75, 3.05) is 13.2 Å². The van der Waals surface area contributed by atoms with Gasteiger partial charge in [0.05, 0.1) is 0 Å². The van der Waals surface area contributed by atoms with E-state index in [4.69, 9.17) is 9.52 Å². The number of nitrogens with zero attached hydrogens (tertiary/aromatic N) is 1. The summed E-state index contributed by atoms with van der Waals surface area (Å²) in [6, 6.07) is 6.24. The average Bonchev–Trinajstić information content (AvgIpc) is 2.89. The molecule has 1 fully saturated rings. The number of fused-ring (bicyclic) bond motifs is 1. The van der Waals surface area contributed by atoms with Gasteiger partial charge >= 0.3 is 0 Å². The molecule has 0 aliphatic carbocycles. The highest BCUT2D eigenvalue weighted by Gasteiger charge is 2.30. The highest BCUT2D eigenvalue weighted by Crippen LogP contribution is 2.29. The monoisotopic (exact) mass is 315 g/mol. The predicted molar refractivity (Wildman–Crippen MR) is 90.7 cm³/mol. The first-order valence-corrected chi connectivity index (χ1v) is 8.53. The lowest BCUT2D eigenvalue weighted by Gasteiger charge is -2.35. The highest BCUT2D eigenvalue weighted by molar-refractivity contribution is 5.99. The van der Waals surface area contributed by atoms with Crippen molar-refractivity contribution in [1.82, 2.24) is 4.90 Å². The molecule has 1 aliphatic heterocycles. The Morgan fingerprint density at radius 2 is 2.17 bits per heavy atom. The van der Waals surface area contributed by atoms with E-state index in [1.807, 2.05) is 30.9 Å². The summed E-state index contributed by atoms with van der Waals surface area (Å²) < 4.78 is 5.88. The normalized spacial score (nSPS) is 18.6. The van der Waals surface area contributed by atoms with Gasteiger partial charge in [-0.3, -0.25) is 4.79 Å². The number of amides is 1. The molecule has 1 saturated heterocycles. The second-order valence-corrected chi connectivity index (χ2v) is 6.57. The number of carbonyl (C=O) groups excluding carboxylic acids is 1. The van der Waals surface area contributed by atoms with Crippen LogP contribution < -0.4 is 0 Å². The van der Waals surface area contributed by atoms with E-state index < -0.39 is 0 Å². The third kappa shape index (κ3) is 3.13. The van der Waals surface area contributed by atoms with Crippen LogP contribution in [-0.4, -0.2) is 35.1 Å². The van der Waals surface area contributed by atoms with E-state index in [1.165, 1.54) is 5.56 Å². The second-order valence-electron chi connectivity index (χ2n) is 6.57. The van der Waals surface area contributed by atoms with Crippen molar-refractivity contribution in [2.24, 2.45) is 0 Å². The lowest BCUT2D eigenvalue weighted by Crippen LogP contribution is -2.43. The molecule has 3 rings (SSSR count). The van der Waals surface area contributed by atoms with Gasteiger partial charge in [0.2, 0.25) is 0 Å². The number of furan rings is 1. The maximum absolute atomic E-state index is 13.0. The molecule has 2 heterocycles. The molecule has 1 N–H and O–H groups in total. The average molecular weight is 315 g/mol. The van der Waals surface area contributed by atoms with Crippen LogP contribution >= 0.6 is 0 Å². The molecule has 0 spiro atoms. The van der Waals surface area contributed by atoms with Crippen molar-refractivity contribution in [3.63, 3.8) is 0 Å². The Balaban J connectivity index is 1.90. The summed E-state index contributed by atoms with van der Waals surface area (Å²) >= 11 is 0. The number of aliphatic hydroxyl groups is 1. The Morgan fingerprint density at radius 3 is 2.96 bits per heavy atom. The molecule has 1 atom stereocenters. The molecule has 4 heteroatoms. The molecule has 1 amide bonds. The van der Waals surface area contributed by atoms with Crippen LogP contribution in [0.1, 0.15) is 53.8 Å². The van der Waals surface area contributed by atoms with E-state index in [0.29, 0.717) is 5.76 Å². The molecule has 124 valence electrons. The van der Waals surface area contributed by atoms with Crippen molar-refractivity contribution < 1.29 is 14.3 Å². The molecule has 0 bridgehead atoms. The Bertz CT molecular complexity index is 704. The molecule has 0 saturated carbocycles. The van der Waals surface area contributed by atoms with Crippen molar-refractivity contribution in [3.8, 4) is 0 Å². The zero-order valence-corrected chi connectivity index (χ0v) is 14.0. The minimum atomic E-state index is -0.000933. The van der Waals surface area contributed by atoms with E-state index in [0.717, 1.165) is 55.2 Å². The Kier molecular flexibility index (Phi) is 4.71. The summed E-state index contributed by atoms with van der Waals surface area (Å²) in [6.07, 6.45) is 4.81. The van der Waals surface area contributed by atoms with Crippen LogP contribution in [0.25, 0.3) is 11.0 Å². The van der Waals surface area contributed by atoms with Crippen LogP contribution in [0.3, 0.4) is 0 Å². The summed E-state index contributed by atoms with van der Waals surface area (Å²) in [6.45, 7) is 4.97. The molecule has 0 unspecified atom stereocenters. The molecule has 1 aromatic heterocycles. The third-order valence-corrected chi connectivity index (χ3v) is 4.87. The first-order valence-electron chi connectivity index (χ1n) is 8.53. The molecular weight excluding hydrogens is 290 g/mol. The smallest absolute Gasteiger partial charge is 0.290 e. The van der Waals surface area contributed by atoms with Crippen molar-refractivity contribution in [2.45, 2.75) is 52.0 Å². The standard InChI is InChI=1S/C19H25NO3/c1-13-8-9-17-16(12-13)14(2)18(23-17)19(22)20-10-4-3-6-15(20)7-5-11-21/h8-9,12,15,21H,3-7,10-11H2,1-2H3/t15-/m0/s1. The first kappa shape index (κ1) is 16.1. The molecule has 23 heavy (non-hydrogen) atoms. The second kappa shape index (κ2) is 6.75. The Labute approximate surface area is 137 Å². The summed E-state index contributed by atoms with van der Waals surface area (Å²) in [4.78, 5) is 15.0. The zero-order chi connectivity index (χ0) is 16.4. The van der Waals surface area contributed by atoms with Gasteiger partial charge in [0, 0.05) is 30.1 Å². The number of piperidine rings is 1. The van der Waals surface area contributed by atoms with E-state index in [1.54, 1.807) is 0 Å². The maximum Gasteiger partial charge on any atom is 0.290 e. The van der Waals surface area contributed by atoms with Crippen molar-refractivity contribution in [1.29, 1.82) is 0 Å². The largest absolute Gasteiger partial charge is 0.451 e. The van der Waals surface area contributed by atoms with Crippen LogP contribution in [-0.2, 0) is 0 Å². The molecule has 2 aromatic rings. The van der Waals surface area contributed by atoms with Gasteiger partial charge in [-0.25, -0.2) is 0 Å². The number of aryl methyl sites for hydroxylation is 2. The van der Waals surface area contributed by atoms with Gasteiger partial charge in [-0.15, -0.1) is 0 Å². The fourth-order valence-electron chi connectivity index (χ4n) is 3.56. The lowest BCUT2D eigenvalue weighted by molar-refractivity contribution is 0.0560. The summed E-state index contributed by atoms with van der Waals surface area (Å²) in [7, 11) is 0. The van der Waals surface area contributed by atoms with E-state index in [-0.39, 0.29) is 18.6 Å². The lowest BCUT2D eigenvalue weighted by atomic mass is 9.97. The summed E-state index contributed by atoms with van der Waals surface area (Å²) in [5.74, 6) is 0.473. The fourth-order valence-corrected chi connectivity index (χ4v) is 3.56. The highest BCUT2D eigenvalue weighted by atomic mass is 16.3. The van der Waals surface area contributed by atoms with Crippen LogP contribution in [0.4, 0.5) is 0 Å². The number of aliphatic hydroxyl groups excluding tert-OH is 1. The summed E-state index contributed by atoms with van der Waals surface area (Å²) in [5.41, 5.74) is 2.87. The van der Waals surface area contributed by atoms with Crippen molar-refractivity contribution >= 4 is 16.9 Å². The van der Waals surface area contributed by atoms with Crippen LogP contribution in [0.2, 0.25) is 0 Å². The minimum Gasteiger partial charge on any atom is -0.451 e. The number of likely N-dealkylation sites (tertiary alicyclic amines) is 1. The minimum absolute atomic E-state index is 0.000933.